The lowest BCUT2D eigenvalue weighted by Gasteiger charge is -2.21. The van der Waals surface area contributed by atoms with Gasteiger partial charge in [-0.1, -0.05) is 55.8 Å². The van der Waals surface area contributed by atoms with Crippen molar-refractivity contribution in [2.24, 2.45) is 0 Å². The average molecular weight is 467 g/mol. The van der Waals surface area contributed by atoms with Gasteiger partial charge in [-0.3, -0.25) is 0 Å². The maximum Gasteiger partial charge on any atom is 0.175 e. The molecule has 0 saturated heterocycles. The summed E-state index contributed by atoms with van der Waals surface area (Å²) in [6.45, 7) is 1.28. The summed E-state index contributed by atoms with van der Waals surface area (Å²) in [6, 6.07) is 12.5. The fraction of sp³-hybridized carbons (Fsp3) is 0.478. The third-order valence-electron chi connectivity index (χ3n) is 5.26. The molecule has 0 aliphatic heterocycles. The first-order valence-corrected chi connectivity index (χ1v) is 11.3. The molecule has 0 unspecified atom stereocenters. The average Bonchev–Trinajstić information content (AvgIpc) is 2.66. The Morgan fingerprint density at radius 2 is 1.79 bits per heavy atom. The normalized spacial score (nSPS) is 15.7. The zero-order valence-corrected chi connectivity index (χ0v) is 18.8. The van der Waals surface area contributed by atoms with Gasteiger partial charge < -0.3 is 14.8 Å². The zero-order valence-electron chi connectivity index (χ0n) is 16.5. The maximum absolute atomic E-state index is 6.06. The highest BCUT2D eigenvalue weighted by molar-refractivity contribution is 9.10. The van der Waals surface area contributed by atoms with Gasteiger partial charge >= 0.3 is 0 Å². The summed E-state index contributed by atoms with van der Waals surface area (Å²) < 4.78 is 12.5. The van der Waals surface area contributed by atoms with Crippen LogP contribution < -0.4 is 14.8 Å². The summed E-state index contributed by atoms with van der Waals surface area (Å²) in [6.07, 6.45) is 9.36. The molecule has 1 saturated carbocycles. The van der Waals surface area contributed by atoms with Gasteiger partial charge in [0, 0.05) is 17.6 Å². The topological polar surface area (TPSA) is 30.5 Å². The highest BCUT2D eigenvalue weighted by Gasteiger charge is 2.14. The lowest BCUT2D eigenvalue weighted by atomic mass is 9.96. The van der Waals surface area contributed by atoms with Gasteiger partial charge in [-0.25, -0.2) is 0 Å². The Labute approximate surface area is 181 Å². The molecular weight excluding hydrogens is 438 g/mol. The molecule has 28 heavy (non-hydrogen) atoms. The summed E-state index contributed by atoms with van der Waals surface area (Å²) in [4.78, 5) is 0. The lowest BCUT2D eigenvalue weighted by Crippen LogP contribution is -2.29. The van der Waals surface area contributed by atoms with Gasteiger partial charge in [-0.15, -0.1) is 0 Å². The fourth-order valence-corrected chi connectivity index (χ4v) is 4.54. The van der Waals surface area contributed by atoms with Crippen molar-refractivity contribution in [2.75, 3.05) is 7.11 Å². The van der Waals surface area contributed by atoms with Crippen molar-refractivity contribution in [1.29, 1.82) is 0 Å². The van der Waals surface area contributed by atoms with Gasteiger partial charge in [0.1, 0.15) is 6.61 Å². The van der Waals surface area contributed by atoms with Gasteiger partial charge in [0.2, 0.25) is 0 Å². The molecule has 0 radical (unpaired) electrons. The predicted molar refractivity (Wildman–Crippen MR) is 119 cm³/mol. The highest BCUT2D eigenvalue weighted by Crippen LogP contribution is 2.37. The molecule has 1 N–H and O–H groups in total. The van der Waals surface area contributed by atoms with Crippen LogP contribution in [0.25, 0.3) is 0 Å². The molecule has 0 bridgehead atoms. The number of rotatable bonds is 7. The molecule has 152 valence electrons. The third-order valence-corrected chi connectivity index (χ3v) is 6.09. The van der Waals surface area contributed by atoms with Crippen molar-refractivity contribution in [3.8, 4) is 11.5 Å². The number of ether oxygens (including phenoxy) is 2. The summed E-state index contributed by atoms with van der Waals surface area (Å²) in [5.41, 5.74) is 2.22. The molecule has 2 aromatic rings. The molecule has 0 spiro atoms. The van der Waals surface area contributed by atoms with Crippen molar-refractivity contribution >= 4 is 27.5 Å². The van der Waals surface area contributed by atoms with E-state index in [0.29, 0.717) is 17.7 Å². The molecule has 0 amide bonds. The minimum atomic E-state index is 0.440. The van der Waals surface area contributed by atoms with E-state index in [1.54, 1.807) is 7.11 Å². The van der Waals surface area contributed by atoms with Crippen molar-refractivity contribution in [1.82, 2.24) is 5.32 Å². The van der Waals surface area contributed by atoms with Crippen LogP contribution in [0.15, 0.2) is 40.9 Å². The van der Waals surface area contributed by atoms with E-state index in [2.05, 4.69) is 33.4 Å². The first-order chi connectivity index (χ1) is 13.7. The second kappa shape index (κ2) is 11.1. The zero-order chi connectivity index (χ0) is 19.8. The van der Waals surface area contributed by atoms with E-state index in [0.717, 1.165) is 28.1 Å². The predicted octanol–water partition coefficient (Wildman–Crippen LogP) is 6.89. The van der Waals surface area contributed by atoms with Crippen molar-refractivity contribution in [3.63, 3.8) is 0 Å². The minimum Gasteiger partial charge on any atom is -0.493 e. The summed E-state index contributed by atoms with van der Waals surface area (Å²) >= 11 is 9.72. The molecule has 3 nitrogen and oxygen atoms in total. The quantitative estimate of drug-likeness (QED) is 0.482. The maximum atomic E-state index is 6.06. The molecule has 3 rings (SSSR count). The van der Waals surface area contributed by atoms with Crippen molar-refractivity contribution in [2.45, 2.75) is 64.1 Å². The van der Waals surface area contributed by atoms with Gasteiger partial charge in [0.05, 0.1) is 11.6 Å². The Balaban J connectivity index is 1.63. The Morgan fingerprint density at radius 3 is 2.50 bits per heavy atom. The summed E-state index contributed by atoms with van der Waals surface area (Å²) in [5.74, 6) is 1.46. The second-order valence-electron chi connectivity index (χ2n) is 7.45. The number of nitrogens with one attached hydrogen (secondary N) is 1. The molecule has 1 aliphatic rings. The van der Waals surface area contributed by atoms with Crippen LogP contribution in [0.4, 0.5) is 0 Å². The van der Waals surface area contributed by atoms with Crippen LogP contribution in [-0.4, -0.2) is 13.2 Å². The standard InChI is InChI=1S/C23H29BrClNO2/c1-27-22-14-18(15-26-20-10-5-3-2-4-6-11-20)13-21(24)23(22)28-16-17-8-7-9-19(25)12-17/h7-9,12-14,20,26H,2-6,10-11,15-16H2,1H3. The van der Waals surface area contributed by atoms with E-state index in [9.17, 15) is 0 Å². The first kappa shape index (κ1) is 21.5. The molecule has 1 aliphatic carbocycles. The first-order valence-electron chi connectivity index (χ1n) is 10.1. The Morgan fingerprint density at radius 1 is 1.04 bits per heavy atom. The van der Waals surface area contributed by atoms with E-state index in [4.69, 9.17) is 21.1 Å². The van der Waals surface area contributed by atoms with E-state index < -0.39 is 0 Å². The number of hydrogen-bond donors (Lipinski definition) is 1. The largest absolute Gasteiger partial charge is 0.493 e. The molecule has 0 atom stereocenters. The van der Waals surface area contributed by atoms with Crippen LogP contribution in [-0.2, 0) is 13.2 Å². The number of hydrogen-bond acceptors (Lipinski definition) is 3. The second-order valence-corrected chi connectivity index (χ2v) is 8.74. The van der Waals surface area contributed by atoms with E-state index >= 15 is 0 Å². The minimum absolute atomic E-state index is 0.440. The van der Waals surface area contributed by atoms with Crippen LogP contribution >= 0.6 is 27.5 Å². The number of methoxy groups -OCH3 is 1. The van der Waals surface area contributed by atoms with Gasteiger partial charge in [0.15, 0.2) is 11.5 Å². The van der Waals surface area contributed by atoms with Crippen molar-refractivity contribution < 1.29 is 9.47 Å². The SMILES string of the molecule is COc1cc(CNC2CCCCCCC2)cc(Br)c1OCc1cccc(Cl)c1. The third kappa shape index (κ3) is 6.40. The Bertz CT molecular complexity index is 760. The monoisotopic (exact) mass is 465 g/mol. The van der Waals surface area contributed by atoms with Gasteiger partial charge in [-0.2, -0.15) is 0 Å². The van der Waals surface area contributed by atoms with Crippen LogP contribution in [0.5, 0.6) is 11.5 Å². The Kier molecular flexibility index (Phi) is 8.50. The number of benzene rings is 2. The molecule has 2 aromatic carbocycles. The van der Waals surface area contributed by atoms with Gasteiger partial charge in [-0.05, 0) is 64.2 Å². The summed E-state index contributed by atoms with van der Waals surface area (Å²) in [5, 5.41) is 4.45. The molecule has 0 heterocycles. The van der Waals surface area contributed by atoms with E-state index in [1.807, 2.05) is 24.3 Å². The van der Waals surface area contributed by atoms with Crippen LogP contribution in [0.1, 0.15) is 56.1 Å². The van der Waals surface area contributed by atoms with Crippen molar-refractivity contribution in [3.05, 3.63) is 57.0 Å². The Hall–Kier alpha value is -1.23. The molecule has 0 aromatic heterocycles. The smallest absolute Gasteiger partial charge is 0.175 e. The van der Waals surface area contributed by atoms with E-state index in [1.165, 1.54) is 50.5 Å². The fourth-order valence-electron chi connectivity index (χ4n) is 3.72. The highest BCUT2D eigenvalue weighted by atomic mass is 79.9. The van der Waals surface area contributed by atoms with Crippen LogP contribution in [0.2, 0.25) is 5.02 Å². The molecule has 5 heteroatoms. The van der Waals surface area contributed by atoms with Crippen LogP contribution in [0, 0.1) is 0 Å². The number of halogens is 2. The van der Waals surface area contributed by atoms with E-state index in [-0.39, 0.29) is 0 Å². The summed E-state index contributed by atoms with van der Waals surface area (Å²) in [7, 11) is 1.68. The van der Waals surface area contributed by atoms with Crippen LogP contribution in [0.3, 0.4) is 0 Å². The molecule has 1 fully saturated rings. The molecular formula is C23H29BrClNO2. The lowest BCUT2D eigenvalue weighted by molar-refractivity contribution is 0.282. The van der Waals surface area contributed by atoms with Gasteiger partial charge in [0.25, 0.3) is 0 Å².